The molecule has 2 aromatic carbocycles. The molecule has 1 fully saturated rings. The fourth-order valence-corrected chi connectivity index (χ4v) is 3.55. The van der Waals surface area contributed by atoms with E-state index in [2.05, 4.69) is 4.90 Å². The molecular formula is C22H24N2O4. The van der Waals surface area contributed by atoms with E-state index in [4.69, 9.17) is 9.15 Å². The molecule has 4 rings (SSSR count). The van der Waals surface area contributed by atoms with Crippen LogP contribution < -0.4 is 4.74 Å². The molecule has 2 heterocycles. The van der Waals surface area contributed by atoms with Crippen molar-refractivity contribution < 1.29 is 19.1 Å². The van der Waals surface area contributed by atoms with Crippen molar-refractivity contribution in [3.05, 3.63) is 66.6 Å². The second kappa shape index (κ2) is 8.46. The number of aliphatic hydroxyl groups excluding tert-OH is 1. The monoisotopic (exact) mass is 380 g/mol. The highest BCUT2D eigenvalue weighted by atomic mass is 16.5. The van der Waals surface area contributed by atoms with Gasteiger partial charge in [-0.05, 0) is 23.6 Å². The van der Waals surface area contributed by atoms with Crippen molar-refractivity contribution in [3.63, 3.8) is 0 Å². The van der Waals surface area contributed by atoms with E-state index in [9.17, 15) is 9.90 Å². The SMILES string of the molecule is O=C(c1ccco1)N1CCN(C[C@H](O)COc2cccc3ccccc23)CC1. The number of piperazine rings is 1. The third kappa shape index (κ3) is 4.18. The molecule has 6 heteroatoms. The number of fused-ring (bicyclic) bond motifs is 1. The van der Waals surface area contributed by atoms with Crippen LogP contribution in [0.5, 0.6) is 5.75 Å². The molecule has 3 aromatic rings. The third-order valence-electron chi connectivity index (χ3n) is 5.04. The first kappa shape index (κ1) is 18.5. The van der Waals surface area contributed by atoms with Gasteiger partial charge in [0.15, 0.2) is 5.76 Å². The van der Waals surface area contributed by atoms with Gasteiger partial charge in [0.25, 0.3) is 5.91 Å². The summed E-state index contributed by atoms with van der Waals surface area (Å²) >= 11 is 0. The number of aliphatic hydroxyl groups is 1. The van der Waals surface area contributed by atoms with Crippen molar-refractivity contribution in [2.45, 2.75) is 6.10 Å². The van der Waals surface area contributed by atoms with Crippen molar-refractivity contribution in [2.24, 2.45) is 0 Å². The number of benzene rings is 2. The lowest BCUT2D eigenvalue weighted by Gasteiger charge is -2.35. The summed E-state index contributed by atoms with van der Waals surface area (Å²) in [5.74, 6) is 1.08. The number of rotatable bonds is 6. The first-order chi connectivity index (χ1) is 13.7. The fraction of sp³-hybridized carbons (Fsp3) is 0.318. The molecule has 0 unspecified atom stereocenters. The van der Waals surface area contributed by atoms with Gasteiger partial charge in [0, 0.05) is 38.1 Å². The lowest BCUT2D eigenvalue weighted by Crippen LogP contribution is -2.50. The third-order valence-corrected chi connectivity index (χ3v) is 5.04. The van der Waals surface area contributed by atoms with E-state index < -0.39 is 6.10 Å². The number of carbonyl (C=O) groups excluding carboxylic acids is 1. The molecular weight excluding hydrogens is 356 g/mol. The van der Waals surface area contributed by atoms with Crippen LogP contribution in [0, 0.1) is 0 Å². The summed E-state index contributed by atoms with van der Waals surface area (Å²) in [5, 5.41) is 12.6. The van der Waals surface area contributed by atoms with Gasteiger partial charge in [-0.15, -0.1) is 0 Å². The average Bonchev–Trinajstić information content (AvgIpc) is 3.27. The molecule has 0 aliphatic carbocycles. The molecule has 1 amide bonds. The maximum atomic E-state index is 12.3. The van der Waals surface area contributed by atoms with Crippen LogP contribution in [0.4, 0.5) is 0 Å². The van der Waals surface area contributed by atoms with Gasteiger partial charge >= 0.3 is 0 Å². The van der Waals surface area contributed by atoms with Crippen LogP contribution in [-0.4, -0.2) is 66.2 Å². The largest absolute Gasteiger partial charge is 0.490 e. The Balaban J connectivity index is 1.26. The molecule has 1 aromatic heterocycles. The Morgan fingerprint density at radius 3 is 2.61 bits per heavy atom. The lowest BCUT2D eigenvalue weighted by molar-refractivity contribution is 0.0391. The van der Waals surface area contributed by atoms with E-state index in [0.717, 1.165) is 29.6 Å². The summed E-state index contributed by atoms with van der Waals surface area (Å²) in [6.07, 6.45) is 0.918. The van der Waals surface area contributed by atoms with Crippen LogP contribution in [0.3, 0.4) is 0 Å². The van der Waals surface area contributed by atoms with Crippen LogP contribution >= 0.6 is 0 Å². The predicted octanol–water partition coefficient (Wildman–Crippen LogP) is 2.63. The lowest BCUT2D eigenvalue weighted by atomic mass is 10.1. The highest BCUT2D eigenvalue weighted by Crippen LogP contribution is 2.25. The zero-order chi connectivity index (χ0) is 19.3. The number of β-amino-alcohol motifs (C(OH)–C–C–N with tert-alkyl or cyclic N) is 1. The summed E-state index contributed by atoms with van der Waals surface area (Å²) < 4.78 is 11.1. The zero-order valence-corrected chi connectivity index (χ0v) is 15.7. The highest BCUT2D eigenvalue weighted by molar-refractivity contribution is 5.91. The summed E-state index contributed by atoms with van der Waals surface area (Å²) in [6.45, 7) is 3.44. The number of amides is 1. The smallest absolute Gasteiger partial charge is 0.289 e. The standard InChI is InChI=1S/C22H24N2O4/c25-18(16-28-20-8-3-6-17-5-1-2-7-19(17)20)15-23-10-12-24(13-11-23)22(26)21-9-4-14-27-21/h1-9,14,18,25H,10-13,15-16H2/t18-/m0/s1. The second-order valence-corrected chi connectivity index (χ2v) is 7.01. The molecule has 1 aliphatic rings. The number of nitrogens with zero attached hydrogens (tertiary/aromatic N) is 2. The number of ether oxygens (including phenoxy) is 1. The molecule has 146 valence electrons. The van der Waals surface area contributed by atoms with Crippen LogP contribution in [0.15, 0.2) is 65.3 Å². The first-order valence-electron chi connectivity index (χ1n) is 9.54. The highest BCUT2D eigenvalue weighted by Gasteiger charge is 2.24. The van der Waals surface area contributed by atoms with Crippen LogP contribution in [0.25, 0.3) is 10.8 Å². The minimum absolute atomic E-state index is 0.0792. The van der Waals surface area contributed by atoms with Crippen molar-refractivity contribution in [1.82, 2.24) is 9.80 Å². The van der Waals surface area contributed by atoms with E-state index in [1.807, 2.05) is 42.5 Å². The molecule has 1 saturated heterocycles. The minimum atomic E-state index is -0.591. The molecule has 28 heavy (non-hydrogen) atoms. The van der Waals surface area contributed by atoms with E-state index in [1.54, 1.807) is 17.0 Å². The number of carbonyl (C=O) groups is 1. The van der Waals surface area contributed by atoms with E-state index in [1.165, 1.54) is 6.26 Å². The van der Waals surface area contributed by atoms with Gasteiger partial charge in [-0.25, -0.2) is 0 Å². The van der Waals surface area contributed by atoms with Crippen LogP contribution in [-0.2, 0) is 0 Å². The molecule has 0 radical (unpaired) electrons. The quantitative estimate of drug-likeness (QED) is 0.712. The van der Waals surface area contributed by atoms with E-state index in [-0.39, 0.29) is 12.5 Å². The molecule has 1 aliphatic heterocycles. The first-order valence-corrected chi connectivity index (χ1v) is 9.54. The van der Waals surface area contributed by atoms with Crippen LogP contribution in [0.2, 0.25) is 0 Å². The Hall–Kier alpha value is -2.83. The number of hydrogen-bond donors (Lipinski definition) is 1. The molecule has 6 nitrogen and oxygen atoms in total. The van der Waals surface area contributed by atoms with Crippen LogP contribution in [0.1, 0.15) is 10.6 Å². The van der Waals surface area contributed by atoms with Gasteiger partial charge in [-0.3, -0.25) is 9.69 Å². The van der Waals surface area contributed by atoms with Crippen molar-refractivity contribution in [3.8, 4) is 5.75 Å². The van der Waals surface area contributed by atoms with E-state index >= 15 is 0 Å². The summed E-state index contributed by atoms with van der Waals surface area (Å²) in [4.78, 5) is 16.2. The summed E-state index contributed by atoms with van der Waals surface area (Å²) in [6, 6.07) is 17.4. The Kier molecular flexibility index (Phi) is 5.60. The van der Waals surface area contributed by atoms with Gasteiger partial charge in [-0.2, -0.15) is 0 Å². The average molecular weight is 380 g/mol. The Bertz CT molecular complexity index is 912. The molecule has 0 saturated carbocycles. The minimum Gasteiger partial charge on any atom is -0.490 e. The summed E-state index contributed by atoms with van der Waals surface area (Å²) in [5.41, 5.74) is 0. The Morgan fingerprint density at radius 1 is 1.04 bits per heavy atom. The molecule has 1 N–H and O–H groups in total. The van der Waals surface area contributed by atoms with Gasteiger partial charge in [0.2, 0.25) is 0 Å². The fourth-order valence-electron chi connectivity index (χ4n) is 3.55. The predicted molar refractivity (Wildman–Crippen MR) is 107 cm³/mol. The maximum absolute atomic E-state index is 12.3. The maximum Gasteiger partial charge on any atom is 0.289 e. The van der Waals surface area contributed by atoms with Gasteiger partial charge in [0.1, 0.15) is 18.5 Å². The van der Waals surface area contributed by atoms with E-state index in [0.29, 0.717) is 25.4 Å². The summed E-state index contributed by atoms with van der Waals surface area (Å²) in [7, 11) is 0. The zero-order valence-electron chi connectivity index (χ0n) is 15.7. The Labute approximate surface area is 163 Å². The van der Waals surface area contributed by atoms with Crippen molar-refractivity contribution >= 4 is 16.7 Å². The van der Waals surface area contributed by atoms with Gasteiger partial charge < -0.3 is 19.2 Å². The molecule has 1 atom stereocenters. The number of hydrogen-bond acceptors (Lipinski definition) is 5. The second-order valence-electron chi connectivity index (χ2n) is 7.01. The molecule has 0 spiro atoms. The van der Waals surface area contributed by atoms with Gasteiger partial charge in [-0.1, -0.05) is 36.4 Å². The topological polar surface area (TPSA) is 66.2 Å². The Morgan fingerprint density at radius 2 is 1.82 bits per heavy atom. The normalized spacial score (nSPS) is 16.2. The molecule has 0 bridgehead atoms. The number of furan rings is 1. The van der Waals surface area contributed by atoms with Crippen molar-refractivity contribution in [1.29, 1.82) is 0 Å². The van der Waals surface area contributed by atoms with Crippen molar-refractivity contribution in [2.75, 3.05) is 39.3 Å². The van der Waals surface area contributed by atoms with Gasteiger partial charge in [0.05, 0.1) is 6.26 Å².